The van der Waals surface area contributed by atoms with Crippen LogP contribution in [0.3, 0.4) is 0 Å². The van der Waals surface area contributed by atoms with E-state index >= 15 is 0 Å². The number of carbonyl (C=O) groups is 1. The van der Waals surface area contributed by atoms with Gasteiger partial charge in [0, 0.05) is 13.6 Å². The monoisotopic (exact) mass is 306 g/mol. The Hall–Kier alpha value is -2.42. The highest BCUT2D eigenvalue weighted by atomic mass is 16.5. The van der Waals surface area contributed by atoms with Gasteiger partial charge in [-0.2, -0.15) is 5.10 Å². The quantitative estimate of drug-likeness (QED) is 0.808. The second kappa shape index (κ2) is 6.14. The zero-order valence-electron chi connectivity index (χ0n) is 12.5. The van der Waals surface area contributed by atoms with Crippen molar-refractivity contribution in [2.75, 3.05) is 13.2 Å². The summed E-state index contributed by atoms with van der Waals surface area (Å²) >= 11 is 0. The molecule has 0 bridgehead atoms. The molecular formula is C13H18N6O3. The third kappa shape index (κ3) is 2.93. The average molecular weight is 306 g/mol. The Labute approximate surface area is 127 Å². The van der Waals surface area contributed by atoms with Crippen LogP contribution < -0.4 is 10.1 Å². The predicted octanol–water partition coefficient (Wildman–Crippen LogP) is -0.392. The Morgan fingerprint density at radius 2 is 2.36 bits per heavy atom. The van der Waals surface area contributed by atoms with Gasteiger partial charge < -0.3 is 14.8 Å². The van der Waals surface area contributed by atoms with Gasteiger partial charge >= 0.3 is 0 Å². The molecule has 9 heteroatoms. The lowest BCUT2D eigenvalue weighted by Gasteiger charge is -2.19. The largest absolute Gasteiger partial charge is 0.482 e. The minimum atomic E-state index is -0.251. The minimum Gasteiger partial charge on any atom is -0.482 e. The van der Waals surface area contributed by atoms with E-state index in [0.717, 1.165) is 0 Å². The first-order chi connectivity index (χ1) is 10.7. The first-order valence-corrected chi connectivity index (χ1v) is 7.09. The van der Waals surface area contributed by atoms with Crippen LogP contribution in [0.15, 0.2) is 18.6 Å². The molecule has 1 N–H and O–H groups in total. The van der Waals surface area contributed by atoms with Gasteiger partial charge in [-0.3, -0.25) is 9.48 Å². The number of carbonyl (C=O) groups excluding carboxylic acids is 1. The van der Waals surface area contributed by atoms with Crippen LogP contribution in [-0.4, -0.2) is 56.0 Å². The van der Waals surface area contributed by atoms with Crippen LogP contribution in [0.1, 0.15) is 17.4 Å². The van der Waals surface area contributed by atoms with Crippen LogP contribution in [0, 0.1) is 0 Å². The summed E-state index contributed by atoms with van der Waals surface area (Å²) in [5.74, 6) is 0.416. The van der Waals surface area contributed by atoms with E-state index in [0.29, 0.717) is 31.2 Å². The molecule has 22 heavy (non-hydrogen) atoms. The predicted molar refractivity (Wildman–Crippen MR) is 75.4 cm³/mol. The minimum absolute atomic E-state index is 0.229. The highest BCUT2D eigenvalue weighted by Gasteiger charge is 2.32. The number of rotatable bonds is 5. The number of ether oxygens (including phenoxy) is 2. The highest BCUT2D eigenvalue weighted by Crippen LogP contribution is 2.16. The fourth-order valence-electron chi connectivity index (χ4n) is 2.33. The molecule has 0 radical (unpaired) electrons. The van der Waals surface area contributed by atoms with E-state index in [1.54, 1.807) is 21.8 Å². The van der Waals surface area contributed by atoms with Crippen molar-refractivity contribution < 1.29 is 14.3 Å². The fourth-order valence-corrected chi connectivity index (χ4v) is 2.33. The molecule has 2 atom stereocenters. The smallest absolute Gasteiger partial charge is 0.271 e. The molecule has 2 aromatic heterocycles. The van der Waals surface area contributed by atoms with E-state index in [9.17, 15) is 4.79 Å². The third-order valence-electron chi connectivity index (χ3n) is 3.46. The van der Waals surface area contributed by atoms with E-state index in [2.05, 4.69) is 20.7 Å². The molecule has 3 heterocycles. The van der Waals surface area contributed by atoms with Gasteiger partial charge in [-0.1, -0.05) is 5.21 Å². The Balaban J connectivity index is 1.64. The molecule has 0 aromatic carbocycles. The van der Waals surface area contributed by atoms with Crippen LogP contribution in [0.4, 0.5) is 0 Å². The highest BCUT2D eigenvalue weighted by molar-refractivity contribution is 5.92. The summed E-state index contributed by atoms with van der Waals surface area (Å²) in [6.07, 6.45) is 4.60. The number of nitrogens with zero attached hydrogens (tertiary/aromatic N) is 5. The van der Waals surface area contributed by atoms with Crippen molar-refractivity contribution in [2.24, 2.45) is 7.05 Å². The molecule has 1 saturated heterocycles. The number of nitrogens with one attached hydrogen (secondary N) is 1. The van der Waals surface area contributed by atoms with Crippen LogP contribution in [0.5, 0.6) is 5.75 Å². The summed E-state index contributed by atoms with van der Waals surface area (Å²) in [7, 11) is 1.82. The fraction of sp³-hybridized carbons (Fsp3) is 0.538. The molecule has 0 saturated carbocycles. The first-order valence-electron chi connectivity index (χ1n) is 7.09. The van der Waals surface area contributed by atoms with Crippen molar-refractivity contribution in [2.45, 2.75) is 25.6 Å². The maximum atomic E-state index is 12.3. The number of amides is 1. The average Bonchev–Trinajstić information content (AvgIpc) is 3.21. The summed E-state index contributed by atoms with van der Waals surface area (Å²) in [6, 6.07) is -0.229. The standard InChI is InChI=1S/C13H18N6O3/c1-3-19-11(5-14-17-19)13(20)16-10-7-21-8-12(10)22-9-4-15-18(2)6-9/h4-6,10,12H,3,7-8H2,1-2H3,(H,16,20)/t10-,12+/m0/s1. The maximum absolute atomic E-state index is 12.3. The molecule has 1 amide bonds. The zero-order chi connectivity index (χ0) is 15.5. The van der Waals surface area contributed by atoms with Crippen LogP contribution in [0.25, 0.3) is 0 Å². The van der Waals surface area contributed by atoms with E-state index in [-0.39, 0.29) is 18.1 Å². The molecule has 1 aliphatic rings. The third-order valence-corrected chi connectivity index (χ3v) is 3.46. The van der Waals surface area contributed by atoms with E-state index in [1.807, 2.05) is 14.0 Å². The van der Waals surface area contributed by atoms with Gasteiger partial charge in [0.05, 0.1) is 37.8 Å². The van der Waals surface area contributed by atoms with Gasteiger partial charge in [0.15, 0.2) is 5.75 Å². The lowest BCUT2D eigenvalue weighted by molar-refractivity contribution is 0.0893. The first kappa shape index (κ1) is 14.5. The number of hydrogen-bond donors (Lipinski definition) is 1. The van der Waals surface area contributed by atoms with Crippen molar-refractivity contribution in [3.05, 3.63) is 24.3 Å². The molecule has 0 unspecified atom stereocenters. The van der Waals surface area contributed by atoms with Crippen LogP contribution >= 0.6 is 0 Å². The Kier molecular flexibility index (Phi) is 4.05. The van der Waals surface area contributed by atoms with Crippen molar-refractivity contribution in [3.63, 3.8) is 0 Å². The summed E-state index contributed by atoms with van der Waals surface area (Å²) < 4.78 is 14.4. The van der Waals surface area contributed by atoms with Gasteiger partial charge in [0.25, 0.3) is 5.91 Å². The SMILES string of the molecule is CCn1nncc1C(=O)N[C@H]1COC[C@H]1Oc1cnn(C)c1. The molecule has 3 rings (SSSR count). The molecule has 0 spiro atoms. The van der Waals surface area contributed by atoms with Gasteiger partial charge in [0.1, 0.15) is 11.8 Å². The molecule has 2 aromatic rings. The summed E-state index contributed by atoms with van der Waals surface area (Å²) in [5, 5.41) is 14.6. The van der Waals surface area contributed by atoms with Crippen LogP contribution in [0.2, 0.25) is 0 Å². The van der Waals surface area contributed by atoms with Gasteiger partial charge in [0.2, 0.25) is 0 Å². The molecular weight excluding hydrogens is 288 g/mol. The van der Waals surface area contributed by atoms with Crippen molar-refractivity contribution in [3.8, 4) is 5.75 Å². The Bertz CT molecular complexity index is 652. The summed E-state index contributed by atoms with van der Waals surface area (Å²) in [6.45, 7) is 3.31. The molecule has 1 fully saturated rings. The van der Waals surface area contributed by atoms with Crippen molar-refractivity contribution in [1.82, 2.24) is 30.1 Å². The number of aromatic nitrogens is 5. The van der Waals surface area contributed by atoms with Gasteiger partial charge in [-0.05, 0) is 6.92 Å². The lowest BCUT2D eigenvalue weighted by Crippen LogP contribution is -2.45. The van der Waals surface area contributed by atoms with Gasteiger partial charge in [-0.25, -0.2) is 4.68 Å². The number of hydrogen-bond acceptors (Lipinski definition) is 6. The Morgan fingerprint density at radius 3 is 3.09 bits per heavy atom. The zero-order valence-corrected chi connectivity index (χ0v) is 12.5. The van der Waals surface area contributed by atoms with Crippen LogP contribution in [-0.2, 0) is 18.3 Å². The molecule has 1 aliphatic heterocycles. The van der Waals surface area contributed by atoms with Crippen molar-refractivity contribution >= 4 is 5.91 Å². The lowest BCUT2D eigenvalue weighted by atomic mass is 10.2. The topological polar surface area (TPSA) is 96.1 Å². The molecule has 9 nitrogen and oxygen atoms in total. The second-order valence-corrected chi connectivity index (χ2v) is 5.06. The Morgan fingerprint density at radius 1 is 1.50 bits per heavy atom. The van der Waals surface area contributed by atoms with E-state index in [4.69, 9.17) is 9.47 Å². The second-order valence-electron chi connectivity index (χ2n) is 5.06. The molecule has 118 valence electrons. The summed E-state index contributed by atoms with van der Waals surface area (Å²) in [4.78, 5) is 12.3. The summed E-state index contributed by atoms with van der Waals surface area (Å²) in [5.41, 5.74) is 0.425. The molecule has 0 aliphatic carbocycles. The maximum Gasteiger partial charge on any atom is 0.271 e. The number of aryl methyl sites for hydroxylation is 2. The normalized spacial score (nSPS) is 21.0. The van der Waals surface area contributed by atoms with Gasteiger partial charge in [-0.15, -0.1) is 5.10 Å². The van der Waals surface area contributed by atoms with Crippen molar-refractivity contribution in [1.29, 1.82) is 0 Å². The van der Waals surface area contributed by atoms with E-state index < -0.39 is 0 Å². The van der Waals surface area contributed by atoms with E-state index in [1.165, 1.54) is 6.20 Å².